The molecule has 0 spiro atoms. The van der Waals surface area contributed by atoms with Crippen molar-refractivity contribution in [2.75, 3.05) is 24.0 Å². The van der Waals surface area contributed by atoms with Gasteiger partial charge in [-0.2, -0.15) is 15.0 Å². The Morgan fingerprint density at radius 1 is 1.29 bits per heavy atom. The van der Waals surface area contributed by atoms with E-state index >= 15 is 0 Å². The Kier molecular flexibility index (Phi) is 3.57. The third kappa shape index (κ3) is 2.59. The predicted molar refractivity (Wildman–Crippen MR) is 80.5 cm³/mol. The fraction of sp³-hybridized carbons (Fsp3) is 0.357. The average Bonchev–Trinajstić information content (AvgIpc) is 2.53. The van der Waals surface area contributed by atoms with Crippen LogP contribution in [-0.4, -0.2) is 28.6 Å². The number of nitrogens with one attached hydrogen (secondary N) is 1. The number of nitrogens with two attached hydrogens (primary N) is 1. The van der Waals surface area contributed by atoms with E-state index in [2.05, 4.69) is 50.4 Å². The van der Waals surface area contributed by atoms with E-state index in [1.807, 2.05) is 6.07 Å². The molecule has 1 aliphatic heterocycles. The number of benzene rings is 1. The summed E-state index contributed by atoms with van der Waals surface area (Å²) < 4.78 is 5.12. The molecule has 2 heterocycles. The number of methoxy groups -OCH3 is 1. The molecule has 1 atom stereocenters. The zero-order valence-corrected chi connectivity index (χ0v) is 12.1. The van der Waals surface area contributed by atoms with Crippen LogP contribution in [0.2, 0.25) is 0 Å². The van der Waals surface area contributed by atoms with Gasteiger partial charge in [0, 0.05) is 12.2 Å². The summed E-state index contributed by atoms with van der Waals surface area (Å²) in [7, 11) is 1.52. The number of rotatable bonds is 3. The van der Waals surface area contributed by atoms with Crippen LogP contribution < -0.4 is 20.9 Å². The molecule has 1 aliphatic rings. The van der Waals surface area contributed by atoms with Gasteiger partial charge in [-0.15, -0.1) is 0 Å². The van der Waals surface area contributed by atoms with E-state index in [0.29, 0.717) is 11.9 Å². The van der Waals surface area contributed by atoms with Crippen LogP contribution in [0.1, 0.15) is 12.5 Å². The minimum absolute atomic E-state index is 0.239. The lowest BCUT2D eigenvalue weighted by molar-refractivity contribution is 0.378. The molecule has 0 amide bonds. The van der Waals surface area contributed by atoms with Gasteiger partial charge in [0.25, 0.3) is 0 Å². The van der Waals surface area contributed by atoms with E-state index in [-0.39, 0.29) is 12.0 Å². The van der Waals surface area contributed by atoms with Crippen LogP contribution in [0.15, 0.2) is 24.3 Å². The molecular formula is C14H18N6O. The van der Waals surface area contributed by atoms with Gasteiger partial charge in [0.1, 0.15) is 0 Å². The highest BCUT2D eigenvalue weighted by Gasteiger charge is 2.25. The fourth-order valence-electron chi connectivity index (χ4n) is 2.61. The summed E-state index contributed by atoms with van der Waals surface area (Å²) in [6, 6.07) is 8.52. The van der Waals surface area contributed by atoms with Crippen molar-refractivity contribution in [3.8, 4) is 6.01 Å². The fourth-order valence-corrected chi connectivity index (χ4v) is 2.61. The van der Waals surface area contributed by atoms with Crippen LogP contribution >= 0.6 is 0 Å². The van der Waals surface area contributed by atoms with E-state index in [4.69, 9.17) is 10.6 Å². The topological polar surface area (TPSA) is 89.2 Å². The lowest BCUT2D eigenvalue weighted by Crippen LogP contribution is -2.32. The summed E-state index contributed by atoms with van der Waals surface area (Å²) in [5.41, 5.74) is 4.85. The van der Waals surface area contributed by atoms with Crippen molar-refractivity contribution >= 4 is 17.6 Å². The van der Waals surface area contributed by atoms with Gasteiger partial charge in [0.2, 0.25) is 11.9 Å². The Morgan fingerprint density at radius 2 is 2.10 bits per heavy atom. The molecule has 0 saturated carbocycles. The zero-order chi connectivity index (χ0) is 14.8. The minimum Gasteiger partial charge on any atom is -0.467 e. The Hall–Kier alpha value is -2.41. The molecule has 1 aromatic carbocycles. The van der Waals surface area contributed by atoms with Crippen molar-refractivity contribution in [3.63, 3.8) is 0 Å². The monoisotopic (exact) mass is 286 g/mol. The number of ether oxygens (including phenoxy) is 1. The van der Waals surface area contributed by atoms with Gasteiger partial charge in [-0.25, -0.2) is 5.84 Å². The summed E-state index contributed by atoms with van der Waals surface area (Å²) in [4.78, 5) is 14.8. The molecule has 0 aliphatic carbocycles. The number of hydrazine groups is 1. The first-order valence-corrected chi connectivity index (χ1v) is 6.83. The van der Waals surface area contributed by atoms with Gasteiger partial charge in [-0.3, -0.25) is 5.43 Å². The molecule has 3 rings (SSSR count). The Bertz CT molecular complexity index is 625. The van der Waals surface area contributed by atoms with E-state index in [1.54, 1.807) is 0 Å². The number of fused-ring (bicyclic) bond motifs is 1. The molecule has 7 heteroatoms. The Labute approximate surface area is 123 Å². The molecule has 0 bridgehead atoms. The second kappa shape index (κ2) is 5.53. The summed E-state index contributed by atoms with van der Waals surface area (Å²) in [6.45, 7) is 3.05. The van der Waals surface area contributed by atoms with Crippen LogP contribution in [0.4, 0.5) is 17.6 Å². The number of nitrogens with zero attached hydrogens (tertiary/aromatic N) is 4. The van der Waals surface area contributed by atoms with Crippen molar-refractivity contribution in [1.29, 1.82) is 0 Å². The summed E-state index contributed by atoms with van der Waals surface area (Å²) in [6.07, 6.45) is 1.05. The Morgan fingerprint density at radius 3 is 2.86 bits per heavy atom. The van der Waals surface area contributed by atoms with Crippen LogP contribution in [0.5, 0.6) is 6.01 Å². The highest BCUT2D eigenvalue weighted by molar-refractivity contribution is 5.64. The van der Waals surface area contributed by atoms with E-state index in [9.17, 15) is 0 Å². The van der Waals surface area contributed by atoms with E-state index in [0.717, 1.165) is 18.7 Å². The van der Waals surface area contributed by atoms with Crippen molar-refractivity contribution in [2.24, 2.45) is 11.8 Å². The highest BCUT2D eigenvalue weighted by atomic mass is 16.5. The summed E-state index contributed by atoms with van der Waals surface area (Å²) in [5.74, 6) is 6.75. The van der Waals surface area contributed by atoms with Gasteiger partial charge in [-0.1, -0.05) is 25.1 Å². The molecule has 0 fully saturated rings. The van der Waals surface area contributed by atoms with Crippen LogP contribution in [0, 0.1) is 5.92 Å². The second-order valence-electron chi connectivity index (χ2n) is 5.14. The number of hydrogen-bond donors (Lipinski definition) is 2. The first-order chi connectivity index (χ1) is 10.2. The SMILES string of the molecule is COc1nc(NN)nc(N2CC(C)Cc3ccccc32)n1. The minimum atomic E-state index is 0.239. The summed E-state index contributed by atoms with van der Waals surface area (Å²) in [5, 5.41) is 0. The van der Waals surface area contributed by atoms with E-state index in [1.165, 1.54) is 12.7 Å². The molecule has 7 nitrogen and oxygen atoms in total. The Balaban J connectivity index is 2.08. The number of anilines is 3. The summed E-state index contributed by atoms with van der Waals surface area (Å²) >= 11 is 0. The van der Waals surface area contributed by atoms with Gasteiger partial charge in [-0.05, 0) is 24.0 Å². The van der Waals surface area contributed by atoms with Crippen molar-refractivity contribution in [1.82, 2.24) is 15.0 Å². The third-order valence-electron chi connectivity index (χ3n) is 3.50. The first kappa shape index (κ1) is 13.6. The lowest BCUT2D eigenvalue weighted by atomic mass is 9.94. The maximum Gasteiger partial charge on any atom is 0.322 e. The maximum absolute atomic E-state index is 5.42. The lowest BCUT2D eigenvalue weighted by Gasteiger charge is -2.33. The second-order valence-corrected chi connectivity index (χ2v) is 5.14. The largest absolute Gasteiger partial charge is 0.467 e. The predicted octanol–water partition coefficient (Wildman–Crippen LogP) is 1.50. The zero-order valence-electron chi connectivity index (χ0n) is 12.1. The molecule has 0 radical (unpaired) electrons. The highest BCUT2D eigenvalue weighted by Crippen LogP contribution is 2.34. The number of nitrogen functional groups attached to an aromatic ring is 1. The molecule has 2 aromatic rings. The molecule has 1 unspecified atom stereocenters. The van der Waals surface area contributed by atoms with Crippen LogP contribution in [0.25, 0.3) is 0 Å². The molecule has 110 valence electrons. The molecule has 0 saturated heterocycles. The van der Waals surface area contributed by atoms with E-state index < -0.39 is 0 Å². The van der Waals surface area contributed by atoms with Crippen LogP contribution in [0.3, 0.4) is 0 Å². The smallest absolute Gasteiger partial charge is 0.322 e. The van der Waals surface area contributed by atoms with Gasteiger partial charge in [0.05, 0.1) is 7.11 Å². The standard InChI is InChI=1S/C14H18N6O/c1-9-7-10-5-3-4-6-11(10)20(8-9)13-16-12(19-15)17-14(18-13)21-2/h3-6,9H,7-8,15H2,1-2H3,(H,16,17,18,19). The first-order valence-electron chi connectivity index (χ1n) is 6.83. The molecule has 21 heavy (non-hydrogen) atoms. The van der Waals surface area contributed by atoms with Crippen LogP contribution in [-0.2, 0) is 6.42 Å². The third-order valence-corrected chi connectivity index (χ3v) is 3.50. The average molecular weight is 286 g/mol. The number of aromatic nitrogens is 3. The van der Waals surface area contributed by atoms with Crippen molar-refractivity contribution in [3.05, 3.63) is 29.8 Å². The number of hydrogen-bond acceptors (Lipinski definition) is 7. The maximum atomic E-state index is 5.42. The number of para-hydroxylation sites is 1. The van der Waals surface area contributed by atoms with Gasteiger partial charge in [0.15, 0.2) is 0 Å². The molecule has 3 N–H and O–H groups in total. The molecular weight excluding hydrogens is 268 g/mol. The quantitative estimate of drug-likeness (QED) is 0.652. The van der Waals surface area contributed by atoms with Crippen molar-refractivity contribution < 1.29 is 4.74 Å². The van der Waals surface area contributed by atoms with Gasteiger partial charge >= 0.3 is 6.01 Å². The van der Waals surface area contributed by atoms with Crippen molar-refractivity contribution in [2.45, 2.75) is 13.3 Å². The normalized spacial score (nSPS) is 17.3. The van der Waals surface area contributed by atoms with Gasteiger partial charge < -0.3 is 9.64 Å². The molecule has 1 aromatic heterocycles.